The van der Waals surface area contributed by atoms with Gasteiger partial charge >= 0.3 is 0 Å². The number of carbonyl (C=O) groups is 2. The van der Waals surface area contributed by atoms with Gasteiger partial charge < -0.3 is 15.3 Å². The highest BCUT2D eigenvalue weighted by molar-refractivity contribution is 7.14. The van der Waals surface area contributed by atoms with Gasteiger partial charge in [0.25, 0.3) is 5.91 Å². The summed E-state index contributed by atoms with van der Waals surface area (Å²) in [6, 6.07) is 3.50. The van der Waals surface area contributed by atoms with E-state index in [1.54, 1.807) is 12.1 Å². The van der Waals surface area contributed by atoms with E-state index in [0.717, 1.165) is 4.88 Å². The van der Waals surface area contributed by atoms with E-state index in [1.165, 1.54) is 16.2 Å². The molecule has 0 spiro atoms. The fraction of sp³-hybridized carbons (Fsp3) is 0.467. The molecule has 0 unspecified atom stereocenters. The molecule has 0 aromatic carbocycles. The predicted molar refractivity (Wildman–Crippen MR) is 83.2 cm³/mol. The molecule has 1 aromatic heterocycles. The Morgan fingerprint density at radius 3 is 2.76 bits per heavy atom. The molecule has 1 rings (SSSR count). The van der Waals surface area contributed by atoms with Crippen molar-refractivity contribution in [2.75, 3.05) is 26.2 Å². The van der Waals surface area contributed by atoms with E-state index in [9.17, 15) is 9.59 Å². The standard InChI is InChI=1S/C15H20N2O3S/c1-3-16-14(19)11-17(4-2)15(20)13-9-8-12(21-13)7-5-6-10-18/h8-9,18H,3-4,6,10-11H2,1-2H3,(H,16,19). The Bertz CT molecular complexity index is 543. The first-order chi connectivity index (χ1) is 10.1. The number of nitrogens with zero attached hydrogens (tertiary/aromatic N) is 1. The van der Waals surface area contributed by atoms with Crippen LogP contribution in [0, 0.1) is 11.8 Å². The van der Waals surface area contributed by atoms with Crippen molar-refractivity contribution in [3.05, 3.63) is 21.9 Å². The molecule has 0 radical (unpaired) electrons. The topological polar surface area (TPSA) is 69.6 Å². The maximum atomic E-state index is 12.3. The third-order valence-electron chi connectivity index (χ3n) is 2.64. The molecule has 6 heteroatoms. The largest absolute Gasteiger partial charge is 0.395 e. The zero-order chi connectivity index (χ0) is 15.7. The van der Waals surface area contributed by atoms with Gasteiger partial charge in [-0.25, -0.2) is 0 Å². The van der Waals surface area contributed by atoms with E-state index >= 15 is 0 Å². The minimum atomic E-state index is -0.163. The maximum Gasteiger partial charge on any atom is 0.264 e. The second-order valence-corrected chi connectivity index (χ2v) is 5.30. The lowest BCUT2D eigenvalue weighted by atomic mass is 10.3. The van der Waals surface area contributed by atoms with Crippen molar-refractivity contribution in [2.24, 2.45) is 0 Å². The Balaban J connectivity index is 2.72. The van der Waals surface area contributed by atoms with E-state index in [2.05, 4.69) is 17.2 Å². The zero-order valence-electron chi connectivity index (χ0n) is 12.3. The Kier molecular flexibility index (Phi) is 7.51. The summed E-state index contributed by atoms with van der Waals surface area (Å²) in [6.07, 6.45) is 0.416. The van der Waals surface area contributed by atoms with Crippen LogP contribution in [-0.2, 0) is 4.79 Å². The molecule has 0 saturated heterocycles. The second kappa shape index (κ2) is 9.16. The van der Waals surface area contributed by atoms with Gasteiger partial charge in [-0.15, -0.1) is 11.3 Å². The summed E-state index contributed by atoms with van der Waals surface area (Å²) in [6.45, 7) is 4.79. The molecule has 0 bridgehead atoms. The van der Waals surface area contributed by atoms with Crippen molar-refractivity contribution in [2.45, 2.75) is 20.3 Å². The molecule has 0 aliphatic heterocycles. The van der Waals surface area contributed by atoms with Crippen LogP contribution in [0.5, 0.6) is 0 Å². The zero-order valence-corrected chi connectivity index (χ0v) is 13.1. The van der Waals surface area contributed by atoms with E-state index in [-0.39, 0.29) is 25.0 Å². The average Bonchev–Trinajstić information content (AvgIpc) is 2.93. The fourth-order valence-electron chi connectivity index (χ4n) is 1.63. The van der Waals surface area contributed by atoms with Gasteiger partial charge in [0, 0.05) is 19.5 Å². The van der Waals surface area contributed by atoms with Gasteiger partial charge in [-0.1, -0.05) is 11.8 Å². The molecule has 0 aliphatic carbocycles. The van der Waals surface area contributed by atoms with Gasteiger partial charge in [-0.05, 0) is 26.0 Å². The lowest BCUT2D eigenvalue weighted by molar-refractivity contribution is -0.121. The molecule has 114 valence electrons. The number of amides is 2. The van der Waals surface area contributed by atoms with Crippen LogP contribution in [0.15, 0.2) is 12.1 Å². The lowest BCUT2D eigenvalue weighted by Crippen LogP contribution is -2.40. The van der Waals surface area contributed by atoms with Crippen LogP contribution in [0.2, 0.25) is 0 Å². The van der Waals surface area contributed by atoms with Crippen molar-refractivity contribution < 1.29 is 14.7 Å². The van der Waals surface area contributed by atoms with Crippen LogP contribution in [0.1, 0.15) is 34.8 Å². The van der Waals surface area contributed by atoms with Crippen LogP contribution in [0.25, 0.3) is 0 Å². The first kappa shape index (κ1) is 17.2. The minimum Gasteiger partial charge on any atom is -0.395 e. The number of carbonyl (C=O) groups excluding carboxylic acids is 2. The summed E-state index contributed by atoms with van der Waals surface area (Å²) >= 11 is 1.30. The quantitative estimate of drug-likeness (QED) is 0.773. The molecule has 0 fully saturated rings. The highest BCUT2D eigenvalue weighted by atomic mass is 32.1. The number of thiophene rings is 1. The molecule has 1 aromatic rings. The van der Waals surface area contributed by atoms with Crippen LogP contribution in [-0.4, -0.2) is 48.1 Å². The second-order valence-electron chi connectivity index (χ2n) is 4.21. The summed E-state index contributed by atoms with van der Waals surface area (Å²) in [5, 5.41) is 11.4. The molecule has 0 atom stereocenters. The summed E-state index contributed by atoms with van der Waals surface area (Å²) in [5.41, 5.74) is 0. The number of hydrogen-bond acceptors (Lipinski definition) is 4. The Morgan fingerprint density at radius 2 is 2.14 bits per heavy atom. The Morgan fingerprint density at radius 1 is 1.38 bits per heavy atom. The molecule has 2 N–H and O–H groups in total. The number of aliphatic hydroxyl groups excluding tert-OH is 1. The van der Waals surface area contributed by atoms with Crippen molar-refractivity contribution in [1.29, 1.82) is 0 Å². The summed E-state index contributed by atoms with van der Waals surface area (Å²) in [4.78, 5) is 26.8. The van der Waals surface area contributed by atoms with Crippen molar-refractivity contribution in [3.8, 4) is 11.8 Å². The molecule has 1 heterocycles. The Labute approximate surface area is 129 Å². The third kappa shape index (κ3) is 5.58. The Hall–Kier alpha value is -1.84. The maximum absolute atomic E-state index is 12.3. The van der Waals surface area contributed by atoms with Crippen molar-refractivity contribution >= 4 is 23.2 Å². The highest BCUT2D eigenvalue weighted by Crippen LogP contribution is 2.17. The molecule has 0 aliphatic rings. The first-order valence-electron chi connectivity index (χ1n) is 6.87. The average molecular weight is 308 g/mol. The van der Waals surface area contributed by atoms with E-state index in [4.69, 9.17) is 5.11 Å². The summed E-state index contributed by atoms with van der Waals surface area (Å²) < 4.78 is 0. The third-order valence-corrected chi connectivity index (χ3v) is 3.63. The van der Waals surface area contributed by atoms with E-state index in [1.807, 2.05) is 13.8 Å². The van der Waals surface area contributed by atoms with Gasteiger partial charge in [0.2, 0.25) is 5.91 Å². The SMILES string of the molecule is CCNC(=O)CN(CC)C(=O)c1ccc(C#CCCO)s1. The first-order valence-corrected chi connectivity index (χ1v) is 7.69. The minimum absolute atomic E-state index is 0.0281. The van der Waals surface area contributed by atoms with Crippen LogP contribution in [0.4, 0.5) is 0 Å². The summed E-state index contributed by atoms with van der Waals surface area (Å²) in [5.74, 6) is 5.39. The van der Waals surface area contributed by atoms with Crippen molar-refractivity contribution in [1.82, 2.24) is 10.2 Å². The smallest absolute Gasteiger partial charge is 0.264 e. The van der Waals surface area contributed by atoms with Crippen molar-refractivity contribution in [3.63, 3.8) is 0 Å². The number of nitrogens with one attached hydrogen (secondary N) is 1. The van der Waals surface area contributed by atoms with Gasteiger partial charge in [0.1, 0.15) is 0 Å². The van der Waals surface area contributed by atoms with E-state index < -0.39 is 0 Å². The molecule has 5 nitrogen and oxygen atoms in total. The normalized spacial score (nSPS) is 9.67. The lowest BCUT2D eigenvalue weighted by Gasteiger charge is -2.19. The number of likely N-dealkylation sites (N-methyl/N-ethyl adjacent to an activating group) is 2. The predicted octanol–water partition coefficient (Wildman–Crippen LogP) is 1.08. The molecule has 21 heavy (non-hydrogen) atoms. The molecular weight excluding hydrogens is 288 g/mol. The highest BCUT2D eigenvalue weighted by Gasteiger charge is 2.18. The van der Waals surface area contributed by atoms with Gasteiger partial charge in [0.15, 0.2) is 0 Å². The number of rotatable bonds is 6. The fourth-order valence-corrected chi connectivity index (χ4v) is 2.48. The van der Waals surface area contributed by atoms with Crippen LogP contribution >= 0.6 is 11.3 Å². The number of hydrogen-bond donors (Lipinski definition) is 2. The van der Waals surface area contributed by atoms with Crippen LogP contribution in [0.3, 0.4) is 0 Å². The molecular formula is C15H20N2O3S. The van der Waals surface area contributed by atoms with Gasteiger partial charge in [-0.3, -0.25) is 9.59 Å². The van der Waals surface area contributed by atoms with Gasteiger partial charge in [-0.2, -0.15) is 0 Å². The number of aliphatic hydroxyl groups is 1. The van der Waals surface area contributed by atoms with Crippen LogP contribution < -0.4 is 5.32 Å². The summed E-state index contributed by atoms with van der Waals surface area (Å²) in [7, 11) is 0. The molecule has 0 saturated carbocycles. The van der Waals surface area contributed by atoms with Gasteiger partial charge in [0.05, 0.1) is 22.9 Å². The molecule has 2 amide bonds. The monoisotopic (exact) mass is 308 g/mol. The van der Waals surface area contributed by atoms with E-state index in [0.29, 0.717) is 24.4 Å².